The van der Waals surface area contributed by atoms with E-state index in [9.17, 15) is 17.1 Å². The van der Waals surface area contributed by atoms with Gasteiger partial charge in [0.05, 0.1) is 6.04 Å². The van der Waals surface area contributed by atoms with Crippen molar-refractivity contribution in [1.29, 1.82) is 0 Å². The van der Waals surface area contributed by atoms with Crippen molar-refractivity contribution in [3.63, 3.8) is 0 Å². The highest BCUT2D eigenvalue weighted by molar-refractivity contribution is 7.87. The molecular formula is C16H16FNO3S. The summed E-state index contributed by atoms with van der Waals surface area (Å²) in [6, 6.07) is 13.3. The summed E-state index contributed by atoms with van der Waals surface area (Å²) in [6.07, 6.45) is -0.284. The standard InChI is InChI=1S/C16H16FNO3S/c1-11(18-10-13(9-16(18)19)22(17,20)21)14-8-4-6-12-5-2-3-7-15(12)14/h2-8,11,13H,9-10H2,1H3/t11-,13?/m0/s1. The first kappa shape index (κ1) is 15.0. The van der Waals surface area contributed by atoms with Crippen molar-refractivity contribution >= 4 is 26.9 Å². The lowest BCUT2D eigenvalue weighted by molar-refractivity contribution is -0.129. The summed E-state index contributed by atoms with van der Waals surface area (Å²) in [5, 5.41) is 0.808. The third-order valence-electron chi connectivity index (χ3n) is 4.26. The molecule has 1 aliphatic heterocycles. The normalized spacial score (nSPS) is 20.5. The van der Waals surface area contributed by atoms with Crippen molar-refractivity contribution < 1.29 is 17.1 Å². The molecule has 1 aliphatic rings. The van der Waals surface area contributed by atoms with Gasteiger partial charge in [-0.3, -0.25) is 4.79 Å². The molecule has 2 aromatic carbocycles. The minimum Gasteiger partial charge on any atom is -0.334 e. The lowest BCUT2D eigenvalue weighted by Crippen LogP contribution is -2.30. The van der Waals surface area contributed by atoms with E-state index < -0.39 is 15.5 Å². The Kier molecular flexibility index (Phi) is 3.64. The monoisotopic (exact) mass is 321 g/mol. The van der Waals surface area contributed by atoms with Crippen LogP contribution in [0.3, 0.4) is 0 Å². The van der Waals surface area contributed by atoms with E-state index in [-0.39, 0.29) is 24.9 Å². The molecule has 1 amide bonds. The summed E-state index contributed by atoms with van der Waals surface area (Å²) < 4.78 is 35.3. The maximum Gasteiger partial charge on any atom is 0.307 e. The number of benzene rings is 2. The van der Waals surface area contributed by atoms with E-state index >= 15 is 0 Å². The fourth-order valence-electron chi connectivity index (χ4n) is 3.04. The molecule has 0 radical (unpaired) electrons. The van der Waals surface area contributed by atoms with E-state index in [4.69, 9.17) is 0 Å². The van der Waals surface area contributed by atoms with Crippen LogP contribution in [0.1, 0.15) is 24.9 Å². The molecule has 22 heavy (non-hydrogen) atoms. The number of rotatable bonds is 3. The number of hydrogen-bond donors (Lipinski definition) is 0. The second-order valence-corrected chi connectivity index (χ2v) is 7.21. The van der Waals surface area contributed by atoms with E-state index in [0.29, 0.717) is 0 Å². The summed E-state index contributed by atoms with van der Waals surface area (Å²) in [5.74, 6) is -0.327. The molecule has 116 valence electrons. The maximum atomic E-state index is 13.2. The third-order valence-corrected chi connectivity index (χ3v) is 5.37. The largest absolute Gasteiger partial charge is 0.334 e. The van der Waals surface area contributed by atoms with Crippen LogP contribution in [0.15, 0.2) is 42.5 Å². The van der Waals surface area contributed by atoms with E-state index in [2.05, 4.69) is 0 Å². The van der Waals surface area contributed by atoms with Gasteiger partial charge >= 0.3 is 10.2 Å². The van der Waals surface area contributed by atoms with E-state index in [1.54, 1.807) is 0 Å². The Morgan fingerprint density at radius 1 is 1.18 bits per heavy atom. The summed E-state index contributed by atoms with van der Waals surface area (Å²) in [6.45, 7) is 1.74. The van der Waals surface area contributed by atoms with Gasteiger partial charge in [-0.25, -0.2) is 0 Å². The van der Waals surface area contributed by atoms with E-state index in [0.717, 1.165) is 16.3 Å². The van der Waals surface area contributed by atoms with Crippen molar-refractivity contribution in [2.45, 2.75) is 24.6 Å². The highest BCUT2D eigenvalue weighted by Crippen LogP contribution is 2.32. The molecule has 0 saturated carbocycles. The Balaban J connectivity index is 1.97. The average molecular weight is 321 g/mol. The Bertz CT molecular complexity index is 829. The maximum absolute atomic E-state index is 13.2. The van der Waals surface area contributed by atoms with Crippen molar-refractivity contribution in [3.8, 4) is 0 Å². The van der Waals surface area contributed by atoms with Gasteiger partial charge in [0.15, 0.2) is 0 Å². The fourth-order valence-corrected chi connectivity index (χ4v) is 3.72. The Morgan fingerprint density at radius 3 is 2.55 bits per heavy atom. The van der Waals surface area contributed by atoms with Crippen molar-refractivity contribution in [2.24, 2.45) is 0 Å². The Hall–Kier alpha value is -1.95. The molecule has 1 heterocycles. The quantitative estimate of drug-likeness (QED) is 0.817. The van der Waals surface area contributed by atoms with Gasteiger partial charge in [0.25, 0.3) is 0 Å². The van der Waals surface area contributed by atoms with E-state index in [1.165, 1.54) is 4.90 Å². The van der Waals surface area contributed by atoms with Crippen LogP contribution < -0.4 is 0 Å². The number of hydrogen-bond acceptors (Lipinski definition) is 3. The first-order chi connectivity index (χ1) is 10.4. The van der Waals surface area contributed by atoms with Gasteiger partial charge in [0.2, 0.25) is 5.91 Å². The number of halogens is 1. The molecule has 1 unspecified atom stereocenters. The van der Waals surface area contributed by atoms with Gasteiger partial charge in [0.1, 0.15) is 5.25 Å². The molecule has 0 aromatic heterocycles. The predicted molar refractivity (Wildman–Crippen MR) is 82.5 cm³/mol. The zero-order chi connectivity index (χ0) is 15.9. The SMILES string of the molecule is C[C@@H](c1cccc2ccccc12)N1CC(S(=O)(=O)F)CC1=O. The molecule has 3 rings (SSSR count). The summed E-state index contributed by atoms with van der Waals surface area (Å²) >= 11 is 0. The molecule has 6 heteroatoms. The minimum atomic E-state index is -4.69. The molecule has 2 aromatic rings. The Morgan fingerprint density at radius 2 is 1.86 bits per heavy atom. The van der Waals surface area contributed by atoms with Crippen LogP contribution in [0, 0.1) is 0 Å². The van der Waals surface area contributed by atoms with Crippen LogP contribution in [0.4, 0.5) is 3.89 Å². The molecule has 0 bridgehead atoms. The zero-order valence-corrected chi connectivity index (χ0v) is 12.9. The number of amides is 1. The first-order valence-corrected chi connectivity index (χ1v) is 8.53. The smallest absolute Gasteiger partial charge is 0.307 e. The molecule has 1 fully saturated rings. The second kappa shape index (κ2) is 5.35. The molecule has 0 spiro atoms. The number of likely N-dealkylation sites (tertiary alicyclic amines) is 1. The minimum absolute atomic E-state index is 0.0952. The van der Waals surface area contributed by atoms with Crippen LogP contribution in [-0.4, -0.2) is 31.0 Å². The van der Waals surface area contributed by atoms with Crippen LogP contribution in [0.5, 0.6) is 0 Å². The van der Waals surface area contributed by atoms with Crippen molar-refractivity contribution in [3.05, 3.63) is 48.0 Å². The van der Waals surface area contributed by atoms with Gasteiger partial charge in [-0.2, -0.15) is 8.42 Å². The predicted octanol–water partition coefficient (Wildman–Crippen LogP) is 2.80. The highest BCUT2D eigenvalue weighted by atomic mass is 32.3. The lowest BCUT2D eigenvalue weighted by Gasteiger charge is -2.26. The van der Waals surface area contributed by atoms with Crippen molar-refractivity contribution in [2.75, 3.05) is 6.54 Å². The van der Waals surface area contributed by atoms with Gasteiger partial charge in [0, 0.05) is 13.0 Å². The van der Waals surface area contributed by atoms with Gasteiger partial charge in [-0.1, -0.05) is 42.5 Å². The fraction of sp³-hybridized carbons (Fsp3) is 0.312. The summed E-state index contributed by atoms with van der Waals surface area (Å²) in [5.41, 5.74) is 0.934. The van der Waals surface area contributed by atoms with Gasteiger partial charge in [-0.15, -0.1) is 3.89 Å². The summed E-state index contributed by atoms with van der Waals surface area (Å²) in [7, 11) is -4.69. The van der Waals surface area contributed by atoms with Crippen molar-refractivity contribution in [1.82, 2.24) is 4.90 Å². The molecule has 0 aliphatic carbocycles. The average Bonchev–Trinajstić information content (AvgIpc) is 2.88. The van der Waals surface area contributed by atoms with Crippen LogP contribution in [0.2, 0.25) is 0 Å². The van der Waals surface area contributed by atoms with Crippen LogP contribution >= 0.6 is 0 Å². The lowest BCUT2D eigenvalue weighted by atomic mass is 9.99. The first-order valence-electron chi connectivity index (χ1n) is 7.08. The molecule has 1 saturated heterocycles. The second-order valence-electron chi connectivity index (χ2n) is 5.59. The van der Waals surface area contributed by atoms with Gasteiger partial charge < -0.3 is 4.90 Å². The molecular weight excluding hydrogens is 305 g/mol. The van der Waals surface area contributed by atoms with E-state index in [1.807, 2.05) is 49.4 Å². The zero-order valence-electron chi connectivity index (χ0n) is 12.1. The Labute approximate surface area is 128 Å². The van der Waals surface area contributed by atoms with Gasteiger partial charge in [-0.05, 0) is 23.3 Å². The number of carbonyl (C=O) groups is 1. The topological polar surface area (TPSA) is 54.5 Å². The van der Waals surface area contributed by atoms with Crippen LogP contribution in [-0.2, 0) is 15.0 Å². The molecule has 0 N–H and O–H groups in total. The number of carbonyl (C=O) groups excluding carboxylic acids is 1. The third kappa shape index (κ3) is 2.59. The summed E-state index contributed by atoms with van der Waals surface area (Å²) in [4.78, 5) is 13.5. The highest BCUT2D eigenvalue weighted by Gasteiger charge is 2.40. The molecule has 4 nitrogen and oxygen atoms in total. The number of fused-ring (bicyclic) bond motifs is 1. The number of nitrogens with zero attached hydrogens (tertiary/aromatic N) is 1. The molecule has 2 atom stereocenters. The van der Waals surface area contributed by atoms with Crippen LogP contribution in [0.25, 0.3) is 10.8 Å².